The smallest absolute Gasteiger partial charge is 0.410 e. The van der Waals surface area contributed by atoms with E-state index in [0.29, 0.717) is 54.1 Å². The predicted octanol–water partition coefficient (Wildman–Crippen LogP) is 5.40. The lowest BCUT2D eigenvalue weighted by Gasteiger charge is -2.39. The van der Waals surface area contributed by atoms with Gasteiger partial charge in [0.1, 0.15) is 41.4 Å². The third-order valence-electron chi connectivity index (χ3n) is 10.1. The second-order valence-electron chi connectivity index (χ2n) is 16.4. The topological polar surface area (TPSA) is 216 Å². The standard InChI is InChI=1S/C17H21N3O4.C13H19N3O2.C13H15N3O2/c1-17(2,3)24-16(21)20-8-12(9-20)23-15-13(4-5-14(18)19-15)11-6-7-22-10-11;2*1-16-6-10(7-16)18-13-11(2-3-12(14)15-13)9-4-5-17-8-9/h4-7,10,12H,8-9H2,1-3H3,(H2,18,19);2-3,9-10H,4-8H2,1H3,(H2,14,15);2-5,8,10H,6-7H2,1H3,(H2,14,15). The van der Waals surface area contributed by atoms with Crippen molar-refractivity contribution in [2.75, 3.05) is 83.8 Å². The largest absolute Gasteiger partial charge is 0.472 e. The van der Waals surface area contributed by atoms with Crippen LogP contribution in [0.2, 0.25) is 0 Å². The number of furan rings is 2. The molecule has 0 aliphatic carbocycles. The quantitative estimate of drug-likeness (QED) is 0.170. The minimum absolute atomic E-state index is 0.141. The van der Waals surface area contributed by atoms with Crippen molar-refractivity contribution in [1.29, 1.82) is 0 Å². The highest BCUT2D eigenvalue weighted by molar-refractivity contribution is 5.71. The fourth-order valence-electron chi connectivity index (χ4n) is 6.91. The molecule has 9 heterocycles. The van der Waals surface area contributed by atoms with Crippen LogP contribution in [0.1, 0.15) is 38.7 Å². The third kappa shape index (κ3) is 11.0. The summed E-state index contributed by atoms with van der Waals surface area (Å²) in [5, 5.41) is 0. The summed E-state index contributed by atoms with van der Waals surface area (Å²) in [5.74, 6) is 3.46. The molecule has 4 saturated heterocycles. The van der Waals surface area contributed by atoms with Crippen molar-refractivity contribution in [3.63, 3.8) is 0 Å². The second kappa shape index (κ2) is 18.5. The number of pyridine rings is 3. The molecular weight excluding hydrogens is 771 g/mol. The molecular formula is C43H55N9O8. The number of nitrogens with two attached hydrogens (primary N) is 3. The highest BCUT2D eigenvalue weighted by Crippen LogP contribution is 2.34. The van der Waals surface area contributed by atoms with Crippen LogP contribution in [0.5, 0.6) is 17.6 Å². The second-order valence-corrected chi connectivity index (χ2v) is 16.4. The molecule has 17 nitrogen and oxygen atoms in total. The van der Waals surface area contributed by atoms with E-state index in [1.54, 1.807) is 42.1 Å². The molecule has 0 bridgehead atoms. The Morgan fingerprint density at radius 2 is 1.13 bits per heavy atom. The van der Waals surface area contributed by atoms with E-state index in [-0.39, 0.29) is 24.4 Å². The van der Waals surface area contributed by atoms with Crippen LogP contribution in [0.3, 0.4) is 0 Å². The number of hydrogen-bond acceptors (Lipinski definition) is 16. The Hall–Kier alpha value is -6.04. The highest BCUT2D eigenvalue weighted by Gasteiger charge is 2.36. The van der Waals surface area contributed by atoms with Crippen LogP contribution in [-0.2, 0) is 9.47 Å². The van der Waals surface area contributed by atoms with Gasteiger partial charge in [-0.1, -0.05) is 0 Å². The lowest BCUT2D eigenvalue weighted by atomic mass is 9.99. The number of hydrogen-bond donors (Lipinski definition) is 3. The van der Waals surface area contributed by atoms with Gasteiger partial charge in [0.25, 0.3) is 0 Å². The molecule has 1 unspecified atom stereocenters. The zero-order chi connectivity index (χ0) is 42.4. The van der Waals surface area contributed by atoms with Crippen molar-refractivity contribution in [1.82, 2.24) is 29.7 Å². The lowest BCUT2D eigenvalue weighted by Crippen LogP contribution is -2.57. The molecule has 320 valence electrons. The molecule has 0 saturated carbocycles. The normalized spacial score (nSPS) is 18.5. The Kier molecular flexibility index (Phi) is 13.0. The average molecular weight is 826 g/mol. The van der Waals surface area contributed by atoms with Gasteiger partial charge in [-0.3, -0.25) is 9.80 Å². The molecule has 5 aromatic rings. The van der Waals surface area contributed by atoms with Crippen molar-refractivity contribution >= 4 is 23.5 Å². The molecule has 4 aliphatic heterocycles. The van der Waals surface area contributed by atoms with Crippen LogP contribution in [0.4, 0.5) is 22.2 Å². The van der Waals surface area contributed by atoms with Crippen LogP contribution >= 0.6 is 0 Å². The lowest BCUT2D eigenvalue weighted by molar-refractivity contribution is -0.0230. The number of carbonyl (C=O) groups is 1. The van der Waals surface area contributed by atoms with E-state index < -0.39 is 5.60 Å². The number of likely N-dealkylation sites (tertiary alicyclic amines) is 3. The summed E-state index contributed by atoms with van der Waals surface area (Å²) in [5.41, 5.74) is 21.4. The SMILES string of the molecule is CC(C)(C)OC(=O)N1CC(Oc2nc(N)ccc2-c2ccoc2)C1.CN1CC(Oc2nc(N)ccc2-c2ccoc2)C1.CN1CC(Oc2nc(N)ccc2C2CCOC2)C1. The molecule has 4 aliphatic rings. The maximum atomic E-state index is 11.9. The summed E-state index contributed by atoms with van der Waals surface area (Å²) in [6, 6.07) is 14.8. The van der Waals surface area contributed by atoms with Gasteiger partial charge in [0.2, 0.25) is 17.6 Å². The van der Waals surface area contributed by atoms with E-state index in [2.05, 4.69) is 38.8 Å². The van der Waals surface area contributed by atoms with Gasteiger partial charge in [0.15, 0.2) is 0 Å². The minimum atomic E-state index is -0.507. The van der Waals surface area contributed by atoms with Gasteiger partial charge in [0.05, 0.1) is 44.7 Å². The first-order valence-corrected chi connectivity index (χ1v) is 20.0. The van der Waals surface area contributed by atoms with Crippen LogP contribution < -0.4 is 31.4 Å². The summed E-state index contributed by atoms with van der Waals surface area (Å²) in [7, 11) is 4.14. The number of amides is 1. The fraction of sp³-hybridized carbons (Fsp3) is 0.442. The summed E-state index contributed by atoms with van der Waals surface area (Å²) in [6.45, 7) is 11.8. The van der Waals surface area contributed by atoms with Crippen LogP contribution in [0.15, 0.2) is 82.4 Å². The molecule has 60 heavy (non-hydrogen) atoms. The molecule has 9 rings (SSSR count). The maximum Gasteiger partial charge on any atom is 0.410 e. The maximum absolute atomic E-state index is 11.9. The molecule has 6 N–H and O–H groups in total. The molecule has 1 amide bonds. The van der Waals surface area contributed by atoms with Gasteiger partial charge < -0.3 is 54.6 Å². The number of likely N-dealkylation sites (N-methyl/N-ethyl adjacent to an activating group) is 2. The number of ether oxygens (including phenoxy) is 5. The minimum Gasteiger partial charge on any atom is -0.472 e. The van der Waals surface area contributed by atoms with Crippen LogP contribution in [0.25, 0.3) is 22.3 Å². The monoisotopic (exact) mass is 825 g/mol. The van der Waals surface area contributed by atoms with Crippen molar-refractivity contribution in [3.05, 3.63) is 79.1 Å². The number of nitrogens with zero attached hydrogens (tertiary/aromatic N) is 6. The van der Waals surface area contributed by atoms with Crippen molar-refractivity contribution in [2.24, 2.45) is 0 Å². The van der Waals surface area contributed by atoms with Crippen LogP contribution in [0, 0.1) is 0 Å². The summed E-state index contributed by atoms with van der Waals surface area (Å²) in [6.07, 6.45) is 7.50. The van der Waals surface area contributed by atoms with Crippen molar-refractivity contribution in [3.8, 4) is 39.9 Å². The molecule has 4 fully saturated rings. The van der Waals surface area contributed by atoms with Gasteiger partial charge in [-0.15, -0.1) is 0 Å². The molecule has 0 spiro atoms. The number of anilines is 3. The van der Waals surface area contributed by atoms with Gasteiger partial charge >= 0.3 is 6.09 Å². The summed E-state index contributed by atoms with van der Waals surface area (Å²) < 4.78 is 38.7. The van der Waals surface area contributed by atoms with Gasteiger partial charge in [-0.25, -0.2) is 4.79 Å². The van der Waals surface area contributed by atoms with Crippen LogP contribution in [-0.4, -0.2) is 126 Å². The Bertz CT molecular complexity index is 2160. The predicted molar refractivity (Wildman–Crippen MR) is 226 cm³/mol. The Morgan fingerprint density at radius 1 is 0.667 bits per heavy atom. The molecule has 0 radical (unpaired) electrons. The van der Waals surface area contributed by atoms with E-state index in [9.17, 15) is 4.79 Å². The Balaban J connectivity index is 0.000000138. The number of carbonyl (C=O) groups excluding carboxylic acids is 1. The third-order valence-corrected chi connectivity index (χ3v) is 10.1. The number of nitrogen functional groups attached to an aromatic ring is 3. The number of aromatic nitrogens is 3. The van der Waals surface area contributed by atoms with Gasteiger partial charge in [-0.05, 0) is 89.8 Å². The average Bonchev–Trinajstić information content (AvgIpc) is 3.97. The first-order chi connectivity index (χ1) is 28.8. The first-order valence-electron chi connectivity index (χ1n) is 20.0. The zero-order valence-corrected chi connectivity index (χ0v) is 34.8. The molecule has 17 heteroatoms. The summed E-state index contributed by atoms with van der Waals surface area (Å²) in [4.78, 5) is 30.8. The van der Waals surface area contributed by atoms with Crippen molar-refractivity contribution in [2.45, 2.75) is 57.0 Å². The molecule has 0 aromatic carbocycles. The van der Waals surface area contributed by atoms with E-state index in [4.69, 9.17) is 49.7 Å². The van der Waals surface area contributed by atoms with E-state index >= 15 is 0 Å². The van der Waals surface area contributed by atoms with Gasteiger partial charge in [-0.2, -0.15) is 15.0 Å². The summed E-state index contributed by atoms with van der Waals surface area (Å²) >= 11 is 0. The van der Waals surface area contributed by atoms with E-state index in [1.807, 2.05) is 57.2 Å². The Morgan fingerprint density at radius 3 is 1.57 bits per heavy atom. The Labute approximate surface area is 349 Å². The highest BCUT2D eigenvalue weighted by atomic mass is 16.6. The first kappa shape index (κ1) is 42.1. The molecule has 1 atom stereocenters. The van der Waals surface area contributed by atoms with E-state index in [0.717, 1.165) is 73.6 Å². The molecule has 5 aromatic heterocycles. The zero-order valence-electron chi connectivity index (χ0n) is 34.8. The van der Waals surface area contributed by atoms with E-state index in [1.165, 1.54) is 0 Å². The number of rotatable bonds is 9. The van der Waals surface area contributed by atoms with Crippen molar-refractivity contribution < 1.29 is 37.3 Å². The van der Waals surface area contributed by atoms with Gasteiger partial charge in [0, 0.05) is 66.5 Å². The fourth-order valence-corrected chi connectivity index (χ4v) is 6.91.